The highest BCUT2D eigenvalue weighted by atomic mass is 19.4. The Balaban J connectivity index is 1.33. The van der Waals surface area contributed by atoms with Crippen LogP contribution in [-0.4, -0.2) is 45.5 Å². The number of nitrogen functional groups attached to an aromatic ring is 1. The number of nitrogens with one attached hydrogen (secondary N) is 1. The molecule has 5 rings (SSSR count). The molecule has 0 bridgehead atoms. The number of halogens is 3. The zero-order chi connectivity index (χ0) is 30.1. The number of likely N-dealkylation sites (tertiary alicyclic amines) is 1. The van der Waals surface area contributed by atoms with E-state index in [0.717, 1.165) is 6.07 Å². The van der Waals surface area contributed by atoms with Crippen molar-refractivity contribution in [2.24, 2.45) is 0 Å². The second-order valence-corrected chi connectivity index (χ2v) is 10.6. The van der Waals surface area contributed by atoms with Gasteiger partial charge in [0.1, 0.15) is 17.2 Å². The number of amides is 2. The van der Waals surface area contributed by atoms with Crippen LogP contribution in [0.3, 0.4) is 0 Å². The maximum atomic E-state index is 14.0. The third kappa shape index (κ3) is 6.63. The predicted octanol–water partition coefficient (Wildman–Crippen LogP) is 5.41. The van der Waals surface area contributed by atoms with Crippen LogP contribution in [0.1, 0.15) is 47.0 Å². The fourth-order valence-corrected chi connectivity index (χ4v) is 4.77. The van der Waals surface area contributed by atoms with E-state index >= 15 is 0 Å². The highest BCUT2D eigenvalue weighted by Crippen LogP contribution is 2.39. The number of carbonyl (C=O) groups is 2. The Labute approximate surface area is 239 Å². The van der Waals surface area contributed by atoms with Crippen LogP contribution in [0.2, 0.25) is 0 Å². The van der Waals surface area contributed by atoms with Crippen molar-refractivity contribution in [1.29, 1.82) is 0 Å². The molecule has 0 spiro atoms. The van der Waals surface area contributed by atoms with E-state index in [1.807, 2.05) is 0 Å². The second kappa shape index (κ2) is 11.3. The highest BCUT2D eigenvalue weighted by Gasteiger charge is 2.35. The van der Waals surface area contributed by atoms with E-state index in [0.29, 0.717) is 54.0 Å². The Hall–Kier alpha value is -4.64. The number of rotatable bonds is 6. The molecular formula is C31H29F3N4O4. The fourth-order valence-electron chi connectivity index (χ4n) is 4.77. The summed E-state index contributed by atoms with van der Waals surface area (Å²) < 4.78 is 47.6. The summed E-state index contributed by atoms with van der Waals surface area (Å²) >= 11 is 0. The van der Waals surface area contributed by atoms with E-state index in [9.17, 15) is 27.9 Å². The molecule has 1 fully saturated rings. The van der Waals surface area contributed by atoms with Crippen LogP contribution >= 0.6 is 0 Å². The largest absolute Gasteiger partial charge is 0.459 e. The number of furan rings is 1. The highest BCUT2D eigenvalue weighted by molar-refractivity contribution is 5.95. The summed E-state index contributed by atoms with van der Waals surface area (Å²) in [6.45, 7) is 2.49. The minimum Gasteiger partial charge on any atom is -0.459 e. The van der Waals surface area contributed by atoms with E-state index in [1.54, 1.807) is 54.3 Å². The molecule has 4 N–H and O–H groups in total. The molecule has 218 valence electrons. The number of benzene rings is 2. The lowest BCUT2D eigenvalue weighted by Crippen LogP contribution is -2.45. The van der Waals surface area contributed by atoms with Crippen molar-refractivity contribution in [2.45, 2.75) is 38.1 Å². The number of nitrogens with zero attached hydrogens (tertiary/aromatic N) is 2. The van der Waals surface area contributed by atoms with Gasteiger partial charge in [-0.2, -0.15) is 13.2 Å². The van der Waals surface area contributed by atoms with Crippen LogP contribution in [0.25, 0.3) is 28.2 Å². The van der Waals surface area contributed by atoms with Gasteiger partial charge in [0, 0.05) is 36.3 Å². The first-order chi connectivity index (χ1) is 19.9. The number of hydrogen-bond acceptors (Lipinski definition) is 6. The van der Waals surface area contributed by atoms with Crippen molar-refractivity contribution in [3.63, 3.8) is 0 Å². The van der Waals surface area contributed by atoms with Crippen LogP contribution in [0.15, 0.2) is 71.3 Å². The summed E-state index contributed by atoms with van der Waals surface area (Å²) in [5, 5.41) is 13.0. The third-order valence-corrected chi connectivity index (χ3v) is 7.24. The Morgan fingerprint density at radius 1 is 1.10 bits per heavy atom. The Bertz CT molecular complexity index is 1630. The van der Waals surface area contributed by atoms with Gasteiger partial charge < -0.3 is 25.5 Å². The molecule has 1 aliphatic heterocycles. The van der Waals surface area contributed by atoms with Crippen LogP contribution in [0.5, 0.6) is 0 Å². The van der Waals surface area contributed by atoms with Crippen molar-refractivity contribution in [3.05, 3.63) is 89.3 Å². The molecular weight excluding hydrogens is 549 g/mol. The topological polar surface area (TPSA) is 122 Å². The lowest BCUT2D eigenvalue weighted by molar-refractivity contribution is -0.136. The van der Waals surface area contributed by atoms with Gasteiger partial charge in [0.15, 0.2) is 0 Å². The zero-order valence-corrected chi connectivity index (χ0v) is 22.7. The van der Waals surface area contributed by atoms with Gasteiger partial charge in [-0.25, -0.2) is 4.98 Å². The number of fused-ring (bicyclic) bond motifs is 1. The molecule has 8 nitrogen and oxygen atoms in total. The van der Waals surface area contributed by atoms with Crippen LogP contribution < -0.4 is 11.1 Å². The SMILES string of the molecule is CC1(O)CCN(C(=O)c2ccc(-c3cc(C(F)(F)F)c4oc(CNC(=O)C=Cc5ccc(N)nc5)cc4c3)cc2)CC1. The molecule has 0 aliphatic carbocycles. The summed E-state index contributed by atoms with van der Waals surface area (Å²) in [6.07, 6.45) is 0.578. The van der Waals surface area contributed by atoms with Crippen molar-refractivity contribution in [3.8, 4) is 11.1 Å². The average molecular weight is 579 g/mol. The molecule has 0 radical (unpaired) electrons. The molecule has 2 amide bonds. The molecule has 0 unspecified atom stereocenters. The quantitative estimate of drug-likeness (QED) is 0.263. The second-order valence-electron chi connectivity index (χ2n) is 10.6. The summed E-state index contributed by atoms with van der Waals surface area (Å²) in [5.74, 6) is -0.150. The lowest BCUT2D eigenvalue weighted by Gasteiger charge is -2.35. The average Bonchev–Trinajstić information content (AvgIpc) is 3.37. The first-order valence-corrected chi connectivity index (χ1v) is 13.3. The number of nitrogens with two attached hydrogens (primary N) is 1. The number of aliphatic hydroxyl groups is 1. The fraction of sp³-hybridized carbons (Fsp3) is 0.258. The first kappa shape index (κ1) is 28.9. The van der Waals surface area contributed by atoms with E-state index in [4.69, 9.17) is 10.2 Å². The van der Waals surface area contributed by atoms with Gasteiger partial charge in [0.05, 0.1) is 17.7 Å². The van der Waals surface area contributed by atoms with Gasteiger partial charge in [0.2, 0.25) is 5.91 Å². The van der Waals surface area contributed by atoms with Gasteiger partial charge in [0.25, 0.3) is 5.91 Å². The van der Waals surface area contributed by atoms with Gasteiger partial charge in [-0.3, -0.25) is 9.59 Å². The number of piperidine rings is 1. The predicted molar refractivity (Wildman–Crippen MR) is 152 cm³/mol. The molecule has 0 saturated carbocycles. The van der Waals surface area contributed by atoms with Crippen LogP contribution in [-0.2, 0) is 17.5 Å². The third-order valence-electron chi connectivity index (χ3n) is 7.24. The zero-order valence-electron chi connectivity index (χ0n) is 22.7. The number of pyridine rings is 1. The number of hydrogen-bond donors (Lipinski definition) is 3. The Kier molecular flexibility index (Phi) is 7.79. The number of anilines is 1. The summed E-state index contributed by atoms with van der Waals surface area (Å²) in [4.78, 5) is 30.7. The lowest BCUT2D eigenvalue weighted by atomic mass is 9.93. The van der Waals surface area contributed by atoms with E-state index < -0.39 is 23.2 Å². The minimum atomic E-state index is -4.69. The monoisotopic (exact) mass is 578 g/mol. The van der Waals surface area contributed by atoms with Crippen molar-refractivity contribution in [2.75, 3.05) is 18.8 Å². The summed E-state index contributed by atoms with van der Waals surface area (Å²) in [7, 11) is 0. The van der Waals surface area contributed by atoms with Gasteiger partial charge in [-0.05, 0) is 85.0 Å². The normalized spacial score (nSPS) is 15.3. The minimum absolute atomic E-state index is 0.118. The maximum absolute atomic E-state index is 14.0. The molecule has 0 atom stereocenters. The van der Waals surface area contributed by atoms with Crippen LogP contribution in [0.4, 0.5) is 19.0 Å². The van der Waals surface area contributed by atoms with Gasteiger partial charge in [-0.1, -0.05) is 12.1 Å². The smallest absolute Gasteiger partial charge is 0.420 e. The molecule has 4 aromatic rings. The Morgan fingerprint density at radius 2 is 1.81 bits per heavy atom. The summed E-state index contributed by atoms with van der Waals surface area (Å²) in [6, 6.07) is 13.7. The van der Waals surface area contributed by atoms with E-state index in [1.165, 1.54) is 24.4 Å². The van der Waals surface area contributed by atoms with Crippen LogP contribution in [0, 0.1) is 0 Å². The number of aromatic nitrogens is 1. The molecule has 1 saturated heterocycles. The molecule has 3 heterocycles. The molecule has 2 aromatic carbocycles. The number of alkyl halides is 3. The Morgan fingerprint density at radius 3 is 2.45 bits per heavy atom. The van der Waals surface area contributed by atoms with E-state index in [-0.39, 0.29) is 29.2 Å². The van der Waals surface area contributed by atoms with E-state index in [2.05, 4.69) is 10.3 Å². The van der Waals surface area contributed by atoms with Gasteiger partial charge >= 0.3 is 6.18 Å². The molecule has 2 aromatic heterocycles. The molecule has 42 heavy (non-hydrogen) atoms. The number of carbonyl (C=O) groups excluding carboxylic acids is 2. The maximum Gasteiger partial charge on any atom is 0.420 e. The standard InChI is InChI=1S/C31H29F3N4O4/c1-30(41)10-12-38(13-11-30)29(40)21-6-4-20(5-7-21)22-14-23-15-24(42-28(23)25(16-22)31(32,33)34)18-37-27(39)9-3-19-2-8-26(35)36-17-19/h2-9,14-17,41H,10-13,18H2,1H3,(H2,35,36)(H,37,39). The van der Waals surface area contributed by atoms with Crippen molar-refractivity contribution >= 4 is 34.7 Å². The van der Waals surface area contributed by atoms with Gasteiger partial charge in [-0.15, -0.1) is 0 Å². The summed E-state index contributed by atoms with van der Waals surface area (Å²) in [5.41, 5.74) is 5.36. The molecule has 11 heteroatoms. The van der Waals surface area contributed by atoms with Crippen molar-refractivity contribution < 1.29 is 32.3 Å². The first-order valence-electron chi connectivity index (χ1n) is 13.3. The van der Waals surface area contributed by atoms with Crippen molar-refractivity contribution in [1.82, 2.24) is 15.2 Å². The molecule has 1 aliphatic rings.